The molecule has 0 radical (unpaired) electrons. The van der Waals surface area contributed by atoms with Crippen LogP contribution < -0.4 is 5.32 Å². The highest BCUT2D eigenvalue weighted by atomic mass is 79.9. The van der Waals surface area contributed by atoms with Crippen LogP contribution in [0.25, 0.3) is 0 Å². The molecule has 0 spiro atoms. The summed E-state index contributed by atoms with van der Waals surface area (Å²) in [6.45, 7) is 2.87. The van der Waals surface area contributed by atoms with Crippen molar-refractivity contribution in [2.45, 2.75) is 13.5 Å². The molecule has 1 aromatic heterocycles. The molecule has 2 aromatic rings. The van der Waals surface area contributed by atoms with E-state index in [1.807, 2.05) is 17.6 Å². The number of thiazole rings is 1. The number of hydrogen-bond donors (Lipinski definition) is 1. The minimum atomic E-state index is 0.779. The molecule has 15 heavy (non-hydrogen) atoms. The number of rotatable bonds is 3. The zero-order valence-corrected chi connectivity index (χ0v) is 10.7. The van der Waals surface area contributed by atoms with Crippen LogP contribution in [0.4, 0.5) is 5.69 Å². The number of anilines is 1. The second kappa shape index (κ2) is 4.77. The fourth-order valence-corrected chi connectivity index (χ4v) is 2.23. The van der Waals surface area contributed by atoms with Gasteiger partial charge in [-0.15, -0.1) is 11.3 Å². The van der Waals surface area contributed by atoms with Gasteiger partial charge in [-0.25, -0.2) is 4.98 Å². The van der Waals surface area contributed by atoms with Gasteiger partial charge in [-0.2, -0.15) is 0 Å². The van der Waals surface area contributed by atoms with Gasteiger partial charge in [-0.3, -0.25) is 0 Å². The average Bonchev–Trinajstić information content (AvgIpc) is 2.73. The molecule has 0 bridgehead atoms. The molecule has 0 atom stereocenters. The quantitative estimate of drug-likeness (QED) is 0.926. The number of halogens is 1. The van der Waals surface area contributed by atoms with Gasteiger partial charge in [0, 0.05) is 15.5 Å². The van der Waals surface area contributed by atoms with Crippen LogP contribution in [0, 0.1) is 6.92 Å². The van der Waals surface area contributed by atoms with Crippen LogP contribution in [0.15, 0.2) is 33.6 Å². The second-order valence-corrected chi connectivity index (χ2v) is 4.82. The van der Waals surface area contributed by atoms with Crippen molar-refractivity contribution >= 4 is 33.0 Å². The van der Waals surface area contributed by atoms with E-state index in [2.05, 4.69) is 44.6 Å². The van der Waals surface area contributed by atoms with Gasteiger partial charge < -0.3 is 5.32 Å². The molecule has 1 N–H and O–H groups in total. The molecule has 78 valence electrons. The largest absolute Gasteiger partial charge is 0.379 e. The highest BCUT2D eigenvalue weighted by molar-refractivity contribution is 9.10. The Morgan fingerprint density at radius 3 is 3.07 bits per heavy atom. The monoisotopic (exact) mass is 282 g/mol. The molecule has 0 fully saturated rings. The molecule has 0 unspecified atom stereocenters. The summed E-state index contributed by atoms with van der Waals surface area (Å²) >= 11 is 5.13. The SMILES string of the molecule is Cc1c(Br)cccc1NCc1cscn1. The minimum absolute atomic E-state index is 0.779. The van der Waals surface area contributed by atoms with Gasteiger partial charge in [0.25, 0.3) is 0 Å². The van der Waals surface area contributed by atoms with E-state index >= 15 is 0 Å². The third kappa shape index (κ3) is 2.58. The zero-order chi connectivity index (χ0) is 10.7. The first-order valence-corrected chi connectivity index (χ1v) is 6.37. The predicted octanol–water partition coefficient (Wildman–Crippen LogP) is 3.83. The Hall–Kier alpha value is -0.870. The van der Waals surface area contributed by atoms with E-state index in [1.165, 1.54) is 5.56 Å². The van der Waals surface area contributed by atoms with Crippen molar-refractivity contribution < 1.29 is 0 Å². The van der Waals surface area contributed by atoms with Crippen molar-refractivity contribution in [3.8, 4) is 0 Å². The Morgan fingerprint density at radius 1 is 1.47 bits per heavy atom. The van der Waals surface area contributed by atoms with Gasteiger partial charge in [0.15, 0.2) is 0 Å². The number of aromatic nitrogens is 1. The molecule has 0 aliphatic rings. The first-order valence-electron chi connectivity index (χ1n) is 4.63. The highest BCUT2D eigenvalue weighted by Crippen LogP contribution is 2.23. The van der Waals surface area contributed by atoms with E-state index in [0.29, 0.717) is 0 Å². The highest BCUT2D eigenvalue weighted by Gasteiger charge is 2.01. The van der Waals surface area contributed by atoms with E-state index < -0.39 is 0 Å². The summed E-state index contributed by atoms with van der Waals surface area (Å²) in [6.07, 6.45) is 0. The van der Waals surface area contributed by atoms with Gasteiger partial charge >= 0.3 is 0 Å². The van der Waals surface area contributed by atoms with Crippen molar-refractivity contribution in [1.82, 2.24) is 4.98 Å². The second-order valence-electron chi connectivity index (χ2n) is 3.25. The number of hydrogen-bond acceptors (Lipinski definition) is 3. The van der Waals surface area contributed by atoms with E-state index in [1.54, 1.807) is 11.3 Å². The van der Waals surface area contributed by atoms with Crippen LogP contribution in [-0.2, 0) is 6.54 Å². The van der Waals surface area contributed by atoms with Crippen LogP contribution in [-0.4, -0.2) is 4.98 Å². The molecule has 2 rings (SSSR count). The normalized spacial score (nSPS) is 10.3. The van der Waals surface area contributed by atoms with Crippen LogP contribution in [0.1, 0.15) is 11.3 Å². The number of nitrogens with zero attached hydrogens (tertiary/aromatic N) is 1. The maximum Gasteiger partial charge on any atom is 0.0795 e. The molecular weight excluding hydrogens is 272 g/mol. The molecule has 4 heteroatoms. The smallest absolute Gasteiger partial charge is 0.0795 e. The third-order valence-corrected chi connectivity index (χ3v) is 3.71. The molecule has 2 nitrogen and oxygen atoms in total. The summed E-state index contributed by atoms with van der Waals surface area (Å²) in [7, 11) is 0. The molecule has 1 heterocycles. The van der Waals surface area contributed by atoms with Crippen molar-refractivity contribution in [1.29, 1.82) is 0 Å². The standard InChI is InChI=1S/C11H11BrN2S/c1-8-10(12)3-2-4-11(8)13-5-9-6-15-7-14-9/h2-4,6-7,13H,5H2,1H3. The fourth-order valence-electron chi connectivity index (χ4n) is 1.31. The van der Waals surface area contributed by atoms with Crippen molar-refractivity contribution in [3.05, 3.63) is 44.8 Å². The maximum absolute atomic E-state index is 4.23. The van der Waals surface area contributed by atoms with Crippen LogP contribution in [0.2, 0.25) is 0 Å². The number of benzene rings is 1. The van der Waals surface area contributed by atoms with Gasteiger partial charge in [-0.05, 0) is 24.6 Å². The summed E-state index contributed by atoms with van der Waals surface area (Å²) in [6, 6.07) is 6.15. The Balaban J connectivity index is 2.08. The Bertz CT molecular complexity index is 440. The Labute approximate surface area is 101 Å². The van der Waals surface area contributed by atoms with Gasteiger partial charge in [-0.1, -0.05) is 22.0 Å². The van der Waals surface area contributed by atoms with Gasteiger partial charge in [0.05, 0.1) is 17.7 Å². The first kappa shape index (κ1) is 10.6. The van der Waals surface area contributed by atoms with Crippen molar-refractivity contribution in [2.24, 2.45) is 0 Å². The summed E-state index contributed by atoms with van der Waals surface area (Å²) in [5.41, 5.74) is 5.31. The molecule has 0 aliphatic carbocycles. The van der Waals surface area contributed by atoms with E-state index in [4.69, 9.17) is 0 Å². The van der Waals surface area contributed by atoms with Crippen LogP contribution in [0.5, 0.6) is 0 Å². The lowest BCUT2D eigenvalue weighted by atomic mass is 10.2. The van der Waals surface area contributed by atoms with Crippen molar-refractivity contribution in [3.63, 3.8) is 0 Å². The predicted molar refractivity (Wildman–Crippen MR) is 68.3 cm³/mol. The lowest BCUT2D eigenvalue weighted by Gasteiger charge is -2.09. The summed E-state index contributed by atoms with van der Waals surface area (Å²) in [5, 5.41) is 5.43. The molecular formula is C11H11BrN2S. The topological polar surface area (TPSA) is 24.9 Å². The molecule has 0 saturated heterocycles. The summed E-state index contributed by atoms with van der Waals surface area (Å²) in [4.78, 5) is 4.23. The Kier molecular flexibility index (Phi) is 3.38. The molecule has 0 saturated carbocycles. The summed E-state index contributed by atoms with van der Waals surface area (Å²) in [5.74, 6) is 0. The Morgan fingerprint density at radius 2 is 2.33 bits per heavy atom. The fraction of sp³-hybridized carbons (Fsp3) is 0.182. The van der Waals surface area contributed by atoms with Gasteiger partial charge in [0.1, 0.15) is 0 Å². The molecule has 1 aromatic carbocycles. The molecule has 0 amide bonds. The van der Waals surface area contributed by atoms with Crippen LogP contribution >= 0.6 is 27.3 Å². The lowest BCUT2D eigenvalue weighted by Crippen LogP contribution is -2.01. The van der Waals surface area contributed by atoms with E-state index in [0.717, 1.165) is 22.4 Å². The summed E-state index contributed by atoms with van der Waals surface area (Å²) < 4.78 is 1.13. The number of nitrogens with one attached hydrogen (secondary N) is 1. The third-order valence-electron chi connectivity index (χ3n) is 2.21. The first-order chi connectivity index (χ1) is 7.27. The maximum atomic E-state index is 4.23. The minimum Gasteiger partial charge on any atom is -0.379 e. The van der Waals surface area contributed by atoms with Crippen molar-refractivity contribution in [2.75, 3.05) is 5.32 Å². The van der Waals surface area contributed by atoms with E-state index in [9.17, 15) is 0 Å². The molecule has 0 aliphatic heterocycles. The van der Waals surface area contributed by atoms with Crippen LogP contribution in [0.3, 0.4) is 0 Å². The zero-order valence-electron chi connectivity index (χ0n) is 8.33. The lowest BCUT2D eigenvalue weighted by molar-refractivity contribution is 1.07. The van der Waals surface area contributed by atoms with Gasteiger partial charge in [0.2, 0.25) is 0 Å². The van der Waals surface area contributed by atoms with E-state index in [-0.39, 0.29) is 0 Å². The average molecular weight is 283 g/mol.